The first-order chi connectivity index (χ1) is 9.42. The summed E-state index contributed by atoms with van der Waals surface area (Å²) in [6.45, 7) is 2.60. The number of halogens is 1. The van der Waals surface area contributed by atoms with E-state index in [1.807, 2.05) is 0 Å². The molecular weight excluding hydrogens is 279 g/mol. The van der Waals surface area contributed by atoms with Crippen LogP contribution in [0.2, 0.25) is 0 Å². The third-order valence-electron chi connectivity index (χ3n) is 3.68. The van der Waals surface area contributed by atoms with Crippen LogP contribution in [0.15, 0.2) is 23.1 Å². The number of hydrogen-bond donors (Lipinski definition) is 2. The first kappa shape index (κ1) is 15.4. The van der Waals surface area contributed by atoms with Gasteiger partial charge in [0.25, 0.3) is 0 Å². The van der Waals surface area contributed by atoms with E-state index in [-0.39, 0.29) is 10.9 Å². The summed E-state index contributed by atoms with van der Waals surface area (Å²) in [6, 6.07) is 4.16. The molecule has 0 amide bonds. The van der Waals surface area contributed by atoms with Crippen molar-refractivity contribution in [3.8, 4) is 0 Å². The van der Waals surface area contributed by atoms with Crippen molar-refractivity contribution in [2.24, 2.45) is 5.92 Å². The Morgan fingerprint density at radius 2 is 2.10 bits per heavy atom. The van der Waals surface area contributed by atoms with Gasteiger partial charge in [0.1, 0.15) is 10.7 Å². The third-order valence-corrected chi connectivity index (χ3v) is 5.24. The Morgan fingerprint density at radius 1 is 1.35 bits per heavy atom. The second-order valence-corrected chi connectivity index (χ2v) is 7.21. The fraction of sp³-hybridized carbons (Fsp3) is 0.571. The molecule has 0 radical (unpaired) electrons. The molecule has 0 aromatic heterocycles. The molecule has 0 saturated heterocycles. The van der Waals surface area contributed by atoms with E-state index >= 15 is 0 Å². The van der Waals surface area contributed by atoms with Crippen LogP contribution in [0, 0.1) is 11.7 Å². The molecule has 112 valence electrons. The molecule has 0 spiro atoms. The van der Waals surface area contributed by atoms with Gasteiger partial charge < -0.3 is 5.32 Å². The highest BCUT2D eigenvalue weighted by Gasteiger charge is 2.28. The van der Waals surface area contributed by atoms with Crippen molar-refractivity contribution in [2.75, 3.05) is 7.05 Å². The zero-order valence-corrected chi connectivity index (χ0v) is 12.6. The first-order valence-electron chi connectivity index (χ1n) is 6.87. The van der Waals surface area contributed by atoms with E-state index in [9.17, 15) is 12.8 Å². The lowest BCUT2D eigenvalue weighted by atomic mass is 10.1. The largest absolute Gasteiger partial charge is 0.316 e. The Labute approximate surface area is 119 Å². The minimum absolute atomic E-state index is 0.0774. The van der Waals surface area contributed by atoms with Crippen LogP contribution < -0.4 is 10.0 Å². The van der Waals surface area contributed by atoms with E-state index < -0.39 is 15.8 Å². The van der Waals surface area contributed by atoms with Gasteiger partial charge in [-0.3, -0.25) is 0 Å². The second-order valence-electron chi connectivity index (χ2n) is 5.53. The molecule has 0 heterocycles. The fourth-order valence-corrected chi connectivity index (χ4v) is 4.02. The molecule has 0 aliphatic heterocycles. The minimum Gasteiger partial charge on any atom is -0.316 e. The Kier molecular flexibility index (Phi) is 4.78. The van der Waals surface area contributed by atoms with Gasteiger partial charge >= 0.3 is 0 Å². The van der Waals surface area contributed by atoms with E-state index in [1.54, 1.807) is 13.1 Å². The lowest BCUT2D eigenvalue weighted by Gasteiger charge is -2.14. The number of rotatable bonds is 5. The van der Waals surface area contributed by atoms with Gasteiger partial charge in [-0.25, -0.2) is 17.5 Å². The molecule has 0 bridgehead atoms. The van der Waals surface area contributed by atoms with Crippen LogP contribution in [0.5, 0.6) is 0 Å². The van der Waals surface area contributed by atoms with Gasteiger partial charge in [0, 0.05) is 12.6 Å². The summed E-state index contributed by atoms with van der Waals surface area (Å²) in [5.74, 6) is -0.179. The Balaban J connectivity index is 2.17. The molecule has 1 aliphatic rings. The molecule has 2 unspecified atom stereocenters. The maximum Gasteiger partial charge on any atom is 0.243 e. The van der Waals surface area contributed by atoms with Crippen molar-refractivity contribution >= 4 is 10.0 Å². The monoisotopic (exact) mass is 300 g/mol. The molecule has 1 fully saturated rings. The summed E-state index contributed by atoms with van der Waals surface area (Å²) in [7, 11) is -2.02. The average Bonchev–Trinajstić information content (AvgIpc) is 2.74. The standard InChI is InChI=1S/C14H21FN2O2S/c1-10-3-5-12(7-10)17-20(18,19)14-6-4-11(9-16-2)8-13(14)15/h4,6,8,10,12,16-17H,3,5,7,9H2,1-2H3. The van der Waals surface area contributed by atoms with E-state index in [4.69, 9.17) is 0 Å². The molecule has 2 N–H and O–H groups in total. The van der Waals surface area contributed by atoms with Gasteiger partial charge in [0.15, 0.2) is 0 Å². The first-order valence-corrected chi connectivity index (χ1v) is 8.36. The van der Waals surface area contributed by atoms with Crippen LogP contribution in [0.25, 0.3) is 0 Å². The van der Waals surface area contributed by atoms with Gasteiger partial charge in [-0.15, -0.1) is 0 Å². The molecule has 1 saturated carbocycles. The highest BCUT2D eigenvalue weighted by molar-refractivity contribution is 7.89. The number of sulfonamides is 1. The summed E-state index contributed by atoms with van der Waals surface area (Å²) in [5.41, 5.74) is 0.721. The molecule has 4 nitrogen and oxygen atoms in total. The fourth-order valence-electron chi connectivity index (χ4n) is 2.67. The van der Waals surface area contributed by atoms with Crippen LogP contribution in [0.1, 0.15) is 31.7 Å². The summed E-state index contributed by atoms with van der Waals surface area (Å²) >= 11 is 0. The van der Waals surface area contributed by atoms with E-state index in [0.29, 0.717) is 12.5 Å². The molecule has 1 aliphatic carbocycles. The van der Waals surface area contributed by atoms with Crippen molar-refractivity contribution in [3.63, 3.8) is 0 Å². The third kappa shape index (κ3) is 3.56. The molecule has 2 atom stereocenters. The summed E-state index contributed by atoms with van der Waals surface area (Å²) in [5, 5.41) is 2.90. The molecule has 6 heteroatoms. The Hall–Kier alpha value is -0.980. The van der Waals surface area contributed by atoms with Crippen molar-refractivity contribution in [1.82, 2.24) is 10.0 Å². The van der Waals surface area contributed by atoms with Crippen LogP contribution in [0.3, 0.4) is 0 Å². The highest BCUT2D eigenvalue weighted by Crippen LogP contribution is 2.26. The number of nitrogens with one attached hydrogen (secondary N) is 2. The van der Waals surface area contributed by atoms with Gasteiger partial charge in [0.05, 0.1) is 0 Å². The molecule has 2 rings (SSSR count). The van der Waals surface area contributed by atoms with Crippen LogP contribution >= 0.6 is 0 Å². The Morgan fingerprint density at radius 3 is 2.65 bits per heavy atom. The van der Waals surface area contributed by atoms with Gasteiger partial charge in [-0.1, -0.05) is 13.0 Å². The maximum atomic E-state index is 14.0. The van der Waals surface area contributed by atoms with Gasteiger partial charge in [-0.05, 0) is 49.9 Å². The summed E-state index contributed by atoms with van der Waals surface area (Å²) < 4.78 is 41.0. The van der Waals surface area contributed by atoms with Crippen molar-refractivity contribution in [1.29, 1.82) is 0 Å². The quantitative estimate of drug-likeness (QED) is 0.874. The van der Waals surface area contributed by atoms with Gasteiger partial charge in [0.2, 0.25) is 10.0 Å². The number of benzene rings is 1. The second kappa shape index (κ2) is 6.20. The summed E-state index contributed by atoms with van der Waals surface area (Å²) in [6.07, 6.45) is 2.65. The predicted octanol–water partition coefficient (Wildman–Crippen LogP) is 2.01. The van der Waals surface area contributed by atoms with E-state index in [1.165, 1.54) is 12.1 Å². The average molecular weight is 300 g/mol. The normalized spacial score (nSPS) is 23.1. The lowest BCUT2D eigenvalue weighted by Crippen LogP contribution is -2.33. The molecular formula is C14H21FN2O2S. The Bertz CT molecular complexity index is 575. The number of hydrogen-bond acceptors (Lipinski definition) is 3. The maximum absolute atomic E-state index is 14.0. The van der Waals surface area contributed by atoms with Crippen LogP contribution in [-0.2, 0) is 16.6 Å². The molecule has 1 aromatic rings. The highest BCUT2D eigenvalue weighted by atomic mass is 32.2. The van der Waals surface area contributed by atoms with Crippen LogP contribution in [0.4, 0.5) is 4.39 Å². The van der Waals surface area contributed by atoms with Gasteiger partial charge in [-0.2, -0.15) is 0 Å². The van der Waals surface area contributed by atoms with E-state index in [0.717, 1.165) is 24.8 Å². The topological polar surface area (TPSA) is 58.2 Å². The zero-order valence-electron chi connectivity index (χ0n) is 11.8. The lowest BCUT2D eigenvalue weighted by molar-refractivity contribution is 0.527. The minimum atomic E-state index is -3.77. The molecule has 20 heavy (non-hydrogen) atoms. The predicted molar refractivity (Wildman–Crippen MR) is 76.3 cm³/mol. The van der Waals surface area contributed by atoms with Crippen molar-refractivity contribution < 1.29 is 12.8 Å². The van der Waals surface area contributed by atoms with Crippen LogP contribution in [-0.4, -0.2) is 21.5 Å². The zero-order chi connectivity index (χ0) is 14.8. The van der Waals surface area contributed by atoms with Crippen molar-refractivity contribution in [3.05, 3.63) is 29.6 Å². The van der Waals surface area contributed by atoms with Crippen molar-refractivity contribution in [2.45, 2.75) is 43.7 Å². The molecule has 1 aromatic carbocycles. The SMILES string of the molecule is CNCc1ccc(S(=O)(=O)NC2CCC(C)C2)c(F)c1. The smallest absolute Gasteiger partial charge is 0.243 e. The summed E-state index contributed by atoms with van der Waals surface area (Å²) in [4.78, 5) is -0.267. The van der Waals surface area contributed by atoms with E-state index in [2.05, 4.69) is 17.0 Å².